The Morgan fingerprint density at radius 1 is 1.24 bits per heavy atom. The van der Waals surface area contributed by atoms with Gasteiger partial charge in [0.25, 0.3) is 0 Å². The van der Waals surface area contributed by atoms with Crippen molar-refractivity contribution in [3.8, 4) is 17.1 Å². The molecule has 25 heavy (non-hydrogen) atoms. The third-order valence-electron chi connectivity index (χ3n) is 3.40. The van der Waals surface area contributed by atoms with Crippen molar-refractivity contribution in [1.82, 2.24) is 9.36 Å². The Labute approximate surface area is 154 Å². The monoisotopic (exact) mass is 371 g/mol. The molecule has 0 unspecified atom stereocenters. The third kappa shape index (κ3) is 4.80. The van der Waals surface area contributed by atoms with Crippen LogP contribution in [0.15, 0.2) is 52.9 Å². The average Bonchev–Trinajstić information content (AvgIpc) is 3.10. The number of ether oxygens (including phenoxy) is 1. The van der Waals surface area contributed by atoms with Crippen molar-refractivity contribution >= 4 is 34.9 Å². The van der Waals surface area contributed by atoms with Crippen LogP contribution in [0, 0.1) is 6.92 Å². The lowest BCUT2D eigenvalue weighted by molar-refractivity contribution is -0.113. The Kier molecular flexibility index (Phi) is 5.67. The summed E-state index contributed by atoms with van der Waals surface area (Å²) in [5, 5.41) is 2.85. The zero-order chi connectivity index (χ0) is 17.6. The molecule has 0 bridgehead atoms. The zero-order valence-electron chi connectivity index (χ0n) is 13.9. The topological polar surface area (TPSA) is 64.1 Å². The number of aryl methyl sites for hydroxylation is 1. The van der Waals surface area contributed by atoms with Crippen LogP contribution in [0.2, 0.25) is 0 Å². The van der Waals surface area contributed by atoms with Crippen molar-refractivity contribution in [3.05, 3.63) is 54.1 Å². The molecular weight excluding hydrogens is 354 g/mol. The molecule has 0 saturated heterocycles. The zero-order valence-corrected chi connectivity index (χ0v) is 15.5. The van der Waals surface area contributed by atoms with Crippen molar-refractivity contribution in [1.29, 1.82) is 0 Å². The largest absolute Gasteiger partial charge is 0.497 e. The summed E-state index contributed by atoms with van der Waals surface area (Å²) >= 11 is 2.68. The molecule has 0 aliphatic rings. The van der Waals surface area contributed by atoms with Gasteiger partial charge in [0, 0.05) is 17.3 Å². The van der Waals surface area contributed by atoms with Crippen LogP contribution in [0.4, 0.5) is 5.69 Å². The molecule has 0 fully saturated rings. The van der Waals surface area contributed by atoms with E-state index in [9.17, 15) is 4.79 Å². The number of benzene rings is 2. The highest BCUT2D eigenvalue weighted by molar-refractivity contribution is 8.01. The smallest absolute Gasteiger partial charge is 0.234 e. The van der Waals surface area contributed by atoms with Gasteiger partial charge in [-0.05, 0) is 30.6 Å². The summed E-state index contributed by atoms with van der Waals surface area (Å²) < 4.78 is 10.3. The van der Waals surface area contributed by atoms with E-state index in [1.54, 1.807) is 13.2 Å². The molecule has 0 aliphatic carbocycles. The molecule has 3 rings (SSSR count). The number of thioether (sulfide) groups is 1. The van der Waals surface area contributed by atoms with Gasteiger partial charge in [-0.1, -0.05) is 47.7 Å². The van der Waals surface area contributed by atoms with Gasteiger partial charge in [-0.25, -0.2) is 4.98 Å². The standard InChI is InChI=1S/C18H17N3O2S2/c1-12-6-8-13(9-7-12)17-20-18(25-21-17)24-11-16(22)19-14-4-3-5-15(10-14)23-2/h3-10H,11H2,1-2H3,(H,19,22). The molecule has 128 valence electrons. The summed E-state index contributed by atoms with van der Waals surface area (Å²) in [6.45, 7) is 2.04. The van der Waals surface area contributed by atoms with E-state index in [4.69, 9.17) is 4.74 Å². The van der Waals surface area contributed by atoms with E-state index in [1.807, 2.05) is 49.4 Å². The molecule has 0 radical (unpaired) electrons. The van der Waals surface area contributed by atoms with Gasteiger partial charge in [0.05, 0.1) is 12.9 Å². The number of rotatable bonds is 6. The first-order valence-electron chi connectivity index (χ1n) is 7.61. The first kappa shape index (κ1) is 17.4. The normalized spacial score (nSPS) is 10.5. The number of anilines is 1. The lowest BCUT2D eigenvalue weighted by Gasteiger charge is -2.06. The number of hydrogen-bond donors (Lipinski definition) is 1. The minimum Gasteiger partial charge on any atom is -0.497 e. The van der Waals surface area contributed by atoms with Gasteiger partial charge in [0.1, 0.15) is 5.75 Å². The van der Waals surface area contributed by atoms with E-state index < -0.39 is 0 Å². The summed E-state index contributed by atoms with van der Waals surface area (Å²) in [5.41, 5.74) is 2.89. The predicted octanol–water partition coefficient (Wildman–Crippen LogP) is 4.25. The Hall–Kier alpha value is -2.38. The summed E-state index contributed by atoms with van der Waals surface area (Å²) in [7, 11) is 1.60. The number of carbonyl (C=O) groups is 1. The van der Waals surface area contributed by atoms with Crippen molar-refractivity contribution in [2.75, 3.05) is 18.2 Å². The third-order valence-corrected chi connectivity index (χ3v) is 5.23. The van der Waals surface area contributed by atoms with Crippen LogP contribution < -0.4 is 10.1 Å². The molecule has 1 heterocycles. The highest BCUT2D eigenvalue weighted by Gasteiger charge is 2.10. The number of nitrogens with one attached hydrogen (secondary N) is 1. The molecule has 1 N–H and O–H groups in total. The van der Waals surface area contributed by atoms with Crippen molar-refractivity contribution < 1.29 is 9.53 Å². The second-order valence-electron chi connectivity index (χ2n) is 5.32. The summed E-state index contributed by atoms with van der Waals surface area (Å²) in [6.07, 6.45) is 0. The van der Waals surface area contributed by atoms with Gasteiger partial charge < -0.3 is 10.1 Å². The van der Waals surface area contributed by atoms with Gasteiger partial charge in [0.2, 0.25) is 5.91 Å². The van der Waals surface area contributed by atoms with E-state index in [0.29, 0.717) is 17.3 Å². The molecule has 0 atom stereocenters. The molecule has 1 aromatic heterocycles. The van der Waals surface area contributed by atoms with Gasteiger partial charge in [0.15, 0.2) is 10.2 Å². The lowest BCUT2D eigenvalue weighted by atomic mass is 10.1. The SMILES string of the molecule is COc1cccc(NC(=O)CSc2nc(-c3ccc(C)cc3)ns2)c1. The molecule has 5 nitrogen and oxygen atoms in total. The Balaban J connectivity index is 1.56. The summed E-state index contributed by atoms with van der Waals surface area (Å²) in [5.74, 6) is 1.59. The lowest BCUT2D eigenvalue weighted by Crippen LogP contribution is -2.13. The van der Waals surface area contributed by atoms with Crippen LogP contribution in [0.25, 0.3) is 11.4 Å². The highest BCUT2D eigenvalue weighted by Crippen LogP contribution is 2.25. The fourth-order valence-electron chi connectivity index (χ4n) is 2.11. The second-order valence-corrected chi connectivity index (χ2v) is 7.29. The van der Waals surface area contributed by atoms with Gasteiger partial charge in [-0.2, -0.15) is 4.37 Å². The van der Waals surface area contributed by atoms with Crippen LogP contribution in [0.3, 0.4) is 0 Å². The number of nitrogens with zero attached hydrogens (tertiary/aromatic N) is 2. The van der Waals surface area contributed by atoms with Crippen molar-refractivity contribution in [2.45, 2.75) is 11.3 Å². The van der Waals surface area contributed by atoms with Gasteiger partial charge in [-0.15, -0.1) is 0 Å². The number of amides is 1. The van der Waals surface area contributed by atoms with E-state index >= 15 is 0 Å². The molecule has 0 aliphatic heterocycles. The maximum absolute atomic E-state index is 12.1. The Morgan fingerprint density at radius 3 is 2.80 bits per heavy atom. The number of aromatic nitrogens is 2. The number of carbonyl (C=O) groups excluding carboxylic acids is 1. The van der Waals surface area contributed by atoms with Crippen LogP contribution in [-0.2, 0) is 4.79 Å². The minimum atomic E-state index is -0.0923. The Morgan fingerprint density at radius 2 is 2.04 bits per heavy atom. The predicted molar refractivity (Wildman–Crippen MR) is 102 cm³/mol. The van der Waals surface area contributed by atoms with Crippen LogP contribution in [-0.4, -0.2) is 28.1 Å². The van der Waals surface area contributed by atoms with E-state index in [2.05, 4.69) is 14.7 Å². The molecule has 1 amide bonds. The average molecular weight is 371 g/mol. The second kappa shape index (κ2) is 8.13. The van der Waals surface area contributed by atoms with Crippen LogP contribution >= 0.6 is 23.3 Å². The maximum atomic E-state index is 12.1. The highest BCUT2D eigenvalue weighted by atomic mass is 32.2. The summed E-state index contributed by atoms with van der Waals surface area (Å²) in [4.78, 5) is 16.6. The van der Waals surface area contributed by atoms with Crippen molar-refractivity contribution in [3.63, 3.8) is 0 Å². The maximum Gasteiger partial charge on any atom is 0.234 e. The molecular formula is C18H17N3O2S2. The number of hydrogen-bond acceptors (Lipinski definition) is 6. The van der Waals surface area contributed by atoms with Crippen LogP contribution in [0.5, 0.6) is 5.75 Å². The molecule has 2 aromatic carbocycles. The summed E-state index contributed by atoms with van der Waals surface area (Å²) in [6, 6.07) is 15.3. The fourth-order valence-corrected chi connectivity index (χ4v) is 3.53. The van der Waals surface area contributed by atoms with Gasteiger partial charge in [-0.3, -0.25) is 4.79 Å². The van der Waals surface area contributed by atoms with Crippen LogP contribution in [0.1, 0.15) is 5.56 Å². The minimum absolute atomic E-state index is 0.0923. The molecule has 0 spiro atoms. The van der Waals surface area contributed by atoms with E-state index in [1.165, 1.54) is 28.9 Å². The van der Waals surface area contributed by atoms with E-state index in [-0.39, 0.29) is 11.7 Å². The molecule has 0 saturated carbocycles. The molecule has 7 heteroatoms. The van der Waals surface area contributed by atoms with Gasteiger partial charge >= 0.3 is 0 Å². The fraction of sp³-hybridized carbons (Fsp3) is 0.167. The Bertz CT molecular complexity index is 863. The molecule has 3 aromatic rings. The number of methoxy groups -OCH3 is 1. The first-order chi connectivity index (χ1) is 12.1. The van der Waals surface area contributed by atoms with E-state index in [0.717, 1.165) is 9.90 Å². The quantitative estimate of drug-likeness (QED) is 0.656. The van der Waals surface area contributed by atoms with Crippen molar-refractivity contribution in [2.24, 2.45) is 0 Å². The first-order valence-corrected chi connectivity index (χ1v) is 9.37.